The number of nitrogens with zero attached hydrogens (tertiary/aromatic N) is 1. The normalized spacial score (nSPS) is 23.9. The molecule has 102 valence electrons. The van der Waals surface area contributed by atoms with Gasteiger partial charge in [0.05, 0.1) is 0 Å². The number of nitrogens with one attached hydrogen (secondary N) is 2. The summed E-state index contributed by atoms with van der Waals surface area (Å²) in [7, 11) is 0. The number of piperidine rings is 1. The maximum Gasteiger partial charge on any atom is 0.272 e. The largest absolute Gasteiger partial charge is 0.341 e. The number of hydrogen-bond donors (Lipinski definition) is 2. The third-order valence-corrected chi connectivity index (χ3v) is 4.62. The molecule has 4 nitrogen and oxygen atoms in total. The number of rotatable bonds is 2. The van der Waals surface area contributed by atoms with Gasteiger partial charge in [-0.2, -0.15) is 0 Å². The lowest BCUT2D eigenvalue weighted by Crippen LogP contribution is -2.40. The number of H-pyrrole nitrogens is 1. The van der Waals surface area contributed by atoms with Crippen molar-refractivity contribution in [2.24, 2.45) is 5.41 Å². The van der Waals surface area contributed by atoms with Crippen LogP contribution in [0.2, 0.25) is 0 Å². The fourth-order valence-electron chi connectivity index (χ4n) is 3.01. The highest BCUT2D eigenvalue weighted by atomic mass is 79.9. The molecule has 19 heavy (non-hydrogen) atoms. The van der Waals surface area contributed by atoms with E-state index in [1.54, 1.807) is 6.20 Å². The van der Waals surface area contributed by atoms with E-state index in [0.717, 1.165) is 35.0 Å². The van der Waals surface area contributed by atoms with Crippen LogP contribution < -0.4 is 10.9 Å². The lowest BCUT2D eigenvalue weighted by Gasteiger charge is -2.34. The molecule has 0 bridgehead atoms. The highest BCUT2D eigenvalue weighted by Gasteiger charge is 2.28. The number of aromatic nitrogens is 2. The first-order chi connectivity index (χ1) is 9.09. The first kappa shape index (κ1) is 12.9. The van der Waals surface area contributed by atoms with E-state index in [0.29, 0.717) is 0 Å². The van der Waals surface area contributed by atoms with Gasteiger partial charge >= 0.3 is 0 Å². The number of hydrogen-bond acceptors (Lipinski definition) is 2. The molecular weight excluding hydrogens is 306 g/mol. The van der Waals surface area contributed by atoms with Gasteiger partial charge in [0, 0.05) is 35.3 Å². The van der Waals surface area contributed by atoms with Gasteiger partial charge < -0.3 is 14.9 Å². The maximum absolute atomic E-state index is 12.0. The Hall–Kier alpha value is -1.07. The number of pyridine rings is 1. The molecule has 1 unspecified atom stereocenters. The fraction of sp³-hybridized carbons (Fsp3) is 0.500. The molecule has 0 aliphatic carbocycles. The van der Waals surface area contributed by atoms with Crippen molar-refractivity contribution < 1.29 is 0 Å². The highest BCUT2D eigenvalue weighted by molar-refractivity contribution is 9.10. The van der Waals surface area contributed by atoms with Gasteiger partial charge in [-0.15, -0.1) is 0 Å². The monoisotopic (exact) mass is 323 g/mol. The summed E-state index contributed by atoms with van der Waals surface area (Å²) in [4.78, 5) is 14.8. The summed E-state index contributed by atoms with van der Waals surface area (Å²) in [6, 6.07) is 1.94. The zero-order valence-corrected chi connectivity index (χ0v) is 12.6. The summed E-state index contributed by atoms with van der Waals surface area (Å²) in [6.45, 7) is 5.27. The molecule has 1 fully saturated rings. The summed E-state index contributed by atoms with van der Waals surface area (Å²) in [5.41, 5.74) is 0.961. The van der Waals surface area contributed by atoms with Gasteiger partial charge in [0.2, 0.25) is 0 Å². The van der Waals surface area contributed by atoms with Crippen LogP contribution in [0.3, 0.4) is 0 Å². The Labute approximate surface area is 120 Å². The SMILES string of the molecule is CC1(Cn2cc(Br)c3cc[nH]c(=O)c32)CCCNC1. The molecule has 0 saturated carbocycles. The molecule has 3 rings (SSSR count). The van der Waals surface area contributed by atoms with E-state index in [-0.39, 0.29) is 11.0 Å². The van der Waals surface area contributed by atoms with Crippen molar-refractivity contribution in [1.82, 2.24) is 14.9 Å². The molecule has 0 amide bonds. The van der Waals surface area contributed by atoms with E-state index in [1.807, 2.05) is 12.3 Å². The predicted octanol–water partition coefficient (Wildman–Crippen LogP) is 2.48. The van der Waals surface area contributed by atoms with E-state index in [2.05, 4.69) is 37.7 Å². The Bertz CT molecular complexity index is 652. The molecule has 3 heterocycles. The Morgan fingerprint density at radius 3 is 3.11 bits per heavy atom. The van der Waals surface area contributed by atoms with Crippen LogP contribution in [0.15, 0.2) is 27.7 Å². The minimum atomic E-state index is -0.0180. The van der Waals surface area contributed by atoms with Crippen LogP contribution in [0.5, 0.6) is 0 Å². The van der Waals surface area contributed by atoms with Gasteiger partial charge in [0.25, 0.3) is 5.56 Å². The third-order valence-electron chi connectivity index (χ3n) is 3.99. The van der Waals surface area contributed by atoms with Crippen LogP contribution in [-0.2, 0) is 6.54 Å². The van der Waals surface area contributed by atoms with Crippen molar-refractivity contribution in [2.45, 2.75) is 26.3 Å². The van der Waals surface area contributed by atoms with E-state index in [4.69, 9.17) is 0 Å². The summed E-state index contributed by atoms with van der Waals surface area (Å²) >= 11 is 3.55. The first-order valence-corrected chi connectivity index (χ1v) is 7.45. The standard InChI is InChI=1S/C14H18BrN3O/c1-14(4-2-5-16-8-14)9-18-7-11(15)10-3-6-17-13(19)12(10)18/h3,6-7,16H,2,4-5,8-9H2,1H3,(H,17,19). The summed E-state index contributed by atoms with van der Waals surface area (Å²) in [5.74, 6) is 0. The molecule has 0 radical (unpaired) electrons. The molecule has 1 aliphatic heterocycles. The van der Waals surface area contributed by atoms with Crippen LogP contribution in [0.25, 0.3) is 10.9 Å². The zero-order valence-electron chi connectivity index (χ0n) is 11.0. The van der Waals surface area contributed by atoms with Crippen molar-refractivity contribution in [3.8, 4) is 0 Å². The lowest BCUT2D eigenvalue weighted by atomic mass is 9.82. The summed E-state index contributed by atoms with van der Waals surface area (Å²) < 4.78 is 3.08. The number of aromatic amines is 1. The average molecular weight is 324 g/mol. The quantitative estimate of drug-likeness (QED) is 0.892. The van der Waals surface area contributed by atoms with Crippen molar-refractivity contribution in [1.29, 1.82) is 0 Å². The molecule has 5 heteroatoms. The molecule has 0 aromatic carbocycles. The second kappa shape index (κ2) is 4.80. The lowest BCUT2D eigenvalue weighted by molar-refractivity contribution is 0.204. The topological polar surface area (TPSA) is 49.8 Å². The average Bonchev–Trinajstić information content (AvgIpc) is 2.68. The fourth-order valence-corrected chi connectivity index (χ4v) is 3.58. The third kappa shape index (κ3) is 2.37. The Morgan fingerprint density at radius 1 is 1.53 bits per heavy atom. The smallest absolute Gasteiger partial charge is 0.272 e. The van der Waals surface area contributed by atoms with Crippen molar-refractivity contribution in [2.75, 3.05) is 13.1 Å². The molecular formula is C14H18BrN3O. The van der Waals surface area contributed by atoms with Crippen LogP contribution in [-0.4, -0.2) is 22.6 Å². The van der Waals surface area contributed by atoms with Crippen LogP contribution in [0.1, 0.15) is 19.8 Å². The molecule has 1 atom stereocenters. The molecule has 2 aromatic rings. The maximum atomic E-state index is 12.0. The van der Waals surface area contributed by atoms with Crippen LogP contribution in [0, 0.1) is 5.41 Å². The molecule has 1 aliphatic rings. The summed E-state index contributed by atoms with van der Waals surface area (Å²) in [6.07, 6.45) is 6.12. The van der Waals surface area contributed by atoms with Crippen LogP contribution in [0.4, 0.5) is 0 Å². The van der Waals surface area contributed by atoms with Crippen LogP contribution >= 0.6 is 15.9 Å². The van der Waals surface area contributed by atoms with E-state index in [1.165, 1.54) is 12.8 Å². The van der Waals surface area contributed by atoms with Crippen molar-refractivity contribution >= 4 is 26.8 Å². The van der Waals surface area contributed by atoms with Crippen molar-refractivity contribution in [3.63, 3.8) is 0 Å². The minimum Gasteiger partial charge on any atom is -0.341 e. The molecule has 2 aromatic heterocycles. The predicted molar refractivity (Wildman–Crippen MR) is 80.5 cm³/mol. The van der Waals surface area contributed by atoms with E-state index in [9.17, 15) is 4.79 Å². The molecule has 0 spiro atoms. The first-order valence-electron chi connectivity index (χ1n) is 6.66. The Morgan fingerprint density at radius 2 is 2.37 bits per heavy atom. The van der Waals surface area contributed by atoms with E-state index >= 15 is 0 Å². The zero-order chi connectivity index (χ0) is 13.5. The Balaban J connectivity index is 2.03. The van der Waals surface area contributed by atoms with Gasteiger partial charge in [-0.1, -0.05) is 6.92 Å². The molecule has 1 saturated heterocycles. The Kier molecular flexibility index (Phi) is 3.27. The second-order valence-electron chi connectivity index (χ2n) is 5.77. The van der Waals surface area contributed by atoms with Gasteiger partial charge in [-0.05, 0) is 46.8 Å². The second-order valence-corrected chi connectivity index (χ2v) is 6.62. The van der Waals surface area contributed by atoms with Crippen molar-refractivity contribution in [3.05, 3.63) is 33.3 Å². The highest BCUT2D eigenvalue weighted by Crippen LogP contribution is 2.31. The summed E-state index contributed by atoms with van der Waals surface area (Å²) in [5, 5.41) is 4.44. The van der Waals surface area contributed by atoms with Gasteiger partial charge in [0.15, 0.2) is 0 Å². The molecule has 2 N–H and O–H groups in total. The number of halogens is 1. The van der Waals surface area contributed by atoms with Gasteiger partial charge in [-0.3, -0.25) is 4.79 Å². The van der Waals surface area contributed by atoms with Gasteiger partial charge in [-0.25, -0.2) is 0 Å². The number of fused-ring (bicyclic) bond motifs is 1. The van der Waals surface area contributed by atoms with Gasteiger partial charge in [0.1, 0.15) is 5.52 Å². The minimum absolute atomic E-state index is 0.0180. The van der Waals surface area contributed by atoms with E-state index < -0.39 is 0 Å².